The maximum absolute atomic E-state index is 13.4. The van der Waals surface area contributed by atoms with Crippen LogP contribution in [-0.2, 0) is 5.60 Å². The monoisotopic (exact) mass is 618 g/mol. The zero-order valence-corrected chi connectivity index (χ0v) is 26.5. The molecular weight excluding hydrogens is 589 g/mol. The lowest BCUT2D eigenvalue weighted by Crippen LogP contribution is -2.35. The topological polar surface area (TPSA) is 44.8 Å². The Hall–Kier alpha value is -5.39. The van der Waals surface area contributed by atoms with E-state index in [9.17, 15) is 4.79 Å². The van der Waals surface area contributed by atoms with Gasteiger partial charge in [-0.3, -0.25) is 4.79 Å². The molecule has 0 spiro atoms. The lowest BCUT2D eigenvalue weighted by molar-refractivity contribution is 0.162. The Morgan fingerprint density at radius 1 is 0.630 bits per heavy atom. The van der Waals surface area contributed by atoms with Crippen molar-refractivity contribution in [3.05, 3.63) is 154 Å². The van der Waals surface area contributed by atoms with Crippen LogP contribution in [0.1, 0.15) is 23.6 Å². The molecule has 0 amide bonds. The molecule has 1 aliphatic heterocycles. The van der Waals surface area contributed by atoms with Crippen LogP contribution in [0.4, 0.5) is 0 Å². The van der Waals surface area contributed by atoms with Crippen molar-refractivity contribution in [1.29, 1.82) is 0 Å². The Labute approximate surface area is 270 Å². The molecule has 1 atom stereocenters. The Bertz CT molecular complexity index is 2390. The minimum Gasteiger partial charge on any atom is -0.497 e. The average molecular weight is 619 g/mol. The first-order valence-corrected chi connectivity index (χ1v) is 16.0. The Morgan fingerprint density at radius 3 is 1.98 bits per heavy atom. The molecule has 1 aliphatic rings. The van der Waals surface area contributed by atoms with Crippen LogP contribution in [0.3, 0.4) is 0 Å². The Kier molecular flexibility index (Phi) is 6.66. The second-order valence-electron chi connectivity index (χ2n) is 11.6. The number of hydrogen-bond acceptors (Lipinski definition) is 5. The maximum Gasteiger partial charge on any atom is 0.195 e. The lowest BCUT2D eigenvalue weighted by atomic mass is 9.80. The molecular formula is C41H30O4S. The van der Waals surface area contributed by atoms with Crippen molar-refractivity contribution in [1.82, 2.24) is 0 Å². The molecule has 4 nitrogen and oxygen atoms in total. The Balaban J connectivity index is 1.28. The van der Waals surface area contributed by atoms with Crippen molar-refractivity contribution < 1.29 is 14.2 Å². The quantitative estimate of drug-likeness (QED) is 0.180. The number of allylic oxidation sites excluding steroid dienone is 1. The zero-order chi connectivity index (χ0) is 31.4. The van der Waals surface area contributed by atoms with E-state index in [-0.39, 0.29) is 5.43 Å². The molecule has 0 fully saturated rings. The molecule has 0 N–H and O–H groups in total. The van der Waals surface area contributed by atoms with Gasteiger partial charge in [-0.25, -0.2) is 0 Å². The van der Waals surface area contributed by atoms with Crippen LogP contribution in [0.2, 0.25) is 0 Å². The van der Waals surface area contributed by atoms with Crippen LogP contribution in [-0.4, -0.2) is 14.2 Å². The van der Waals surface area contributed by atoms with E-state index in [1.54, 1.807) is 25.6 Å². The molecule has 2 heterocycles. The van der Waals surface area contributed by atoms with Gasteiger partial charge in [-0.1, -0.05) is 78.9 Å². The van der Waals surface area contributed by atoms with Gasteiger partial charge < -0.3 is 14.2 Å². The van der Waals surface area contributed by atoms with Crippen molar-refractivity contribution in [2.24, 2.45) is 0 Å². The van der Waals surface area contributed by atoms with Gasteiger partial charge in [-0.15, -0.1) is 11.3 Å². The summed E-state index contributed by atoms with van der Waals surface area (Å²) < 4.78 is 20.5. The Morgan fingerprint density at radius 2 is 1.26 bits per heavy atom. The third-order valence-electron chi connectivity index (χ3n) is 9.03. The third kappa shape index (κ3) is 4.38. The zero-order valence-electron chi connectivity index (χ0n) is 25.7. The summed E-state index contributed by atoms with van der Waals surface area (Å²) in [5.41, 5.74) is 5.28. The highest BCUT2D eigenvalue weighted by atomic mass is 32.1. The van der Waals surface area contributed by atoms with E-state index in [2.05, 4.69) is 79.7 Å². The predicted octanol–water partition coefficient (Wildman–Crippen LogP) is 9.99. The number of methoxy groups -OCH3 is 2. The van der Waals surface area contributed by atoms with Crippen LogP contribution in [0.25, 0.3) is 47.6 Å². The average Bonchev–Trinajstić information content (AvgIpc) is 3.11. The summed E-state index contributed by atoms with van der Waals surface area (Å²) in [5.74, 6) is 2.42. The second-order valence-corrected chi connectivity index (χ2v) is 12.7. The van der Waals surface area contributed by atoms with Gasteiger partial charge in [-0.2, -0.15) is 0 Å². The van der Waals surface area contributed by atoms with Crippen molar-refractivity contribution >= 4 is 47.9 Å². The highest BCUT2D eigenvalue weighted by Crippen LogP contribution is 2.50. The third-order valence-corrected chi connectivity index (χ3v) is 10.2. The van der Waals surface area contributed by atoms with E-state index < -0.39 is 5.60 Å². The molecule has 0 bridgehead atoms. The number of ether oxygens (including phenoxy) is 3. The normalized spacial score (nSPS) is 15.8. The molecule has 8 rings (SSSR count). The van der Waals surface area contributed by atoms with E-state index in [1.165, 1.54) is 0 Å². The highest BCUT2D eigenvalue weighted by Gasteiger charge is 2.39. The van der Waals surface area contributed by atoms with Crippen LogP contribution in [0.15, 0.2) is 132 Å². The van der Waals surface area contributed by atoms with Gasteiger partial charge in [0, 0.05) is 47.6 Å². The van der Waals surface area contributed by atoms with Gasteiger partial charge in [0.2, 0.25) is 0 Å². The van der Waals surface area contributed by atoms with Crippen molar-refractivity contribution in [2.45, 2.75) is 12.5 Å². The van der Waals surface area contributed by atoms with Crippen LogP contribution < -0.4 is 19.6 Å². The maximum atomic E-state index is 13.4. The molecule has 224 valence electrons. The molecule has 1 aromatic heterocycles. The molecule has 0 radical (unpaired) electrons. The van der Waals surface area contributed by atoms with Gasteiger partial charge in [-0.05, 0) is 72.2 Å². The molecule has 1 unspecified atom stereocenters. The van der Waals surface area contributed by atoms with Crippen molar-refractivity contribution in [3.8, 4) is 28.4 Å². The molecule has 7 aromatic rings. The summed E-state index contributed by atoms with van der Waals surface area (Å²) in [7, 11) is 3.38. The molecule has 5 heteroatoms. The minimum absolute atomic E-state index is 0.0695. The standard InChI is InChI=1S/C41H30O4S/c1-25-24-41(29-17-19-30(43-2)20-18-29,45-40-32-9-5-4-8-31(32)36(44-3)23-34(25)40)28-15-12-26(13-16-28)27-14-21-38-35(22-27)39(42)33-10-6-7-11-37(33)46-38/h4-24H,1-3H3. The smallest absolute Gasteiger partial charge is 0.195 e. The summed E-state index contributed by atoms with van der Waals surface area (Å²) in [6.07, 6.45) is 2.20. The van der Waals surface area contributed by atoms with E-state index in [4.69, 9.17) is 14.2 Å². The summed E-state index contributed by atoms with van der Waals surface area (Å²) in [6, 6.07) is 40.8. The van der Waals surface area contributed by atoms with Crippen molar-refractivity contribution in [2.75, 3.05) is 14.2 Å². The van der Waals surface area contributed by atoms with E-state index >= 15 is 0 Å². The first kappa shape index (κ1) is 28.1. The van der Waals surface area contributed by atoms with Gasteiger partial charge in [0.15, 0.2) is 11.0 Å². The SMILES string of the molecule is COc1ccc(C2(c3ccc(-c4ccc5sc6ccccc6c(=O)c5c4)cc3)C=C(C)c3cc(OC)c4ccccc4c3O2)cc1. The number of benzene rings is 6. The van der Waals surface area contributed by atoms with Crippen LogP contribution in [0, 0.1) is 0 Å². The second kappa shape index (κ2) is 10.9. The molecule has 46 heavy (non-hydrogen) atoms. The molecule has 0 saturated carbocycles. The first-order valence-electron chi connectivity index (χ1n) is 15.2. The molecule has 6 aromatic carbocycles. The van der Waals surface area contributed by atoms with Crippen LogP contribution >= 0.6 is 11.3 Å². The number of hydrogen-bond donors (Lipinski definition) is 0. The summed E-state index contributed by atoms with van der Waals surface area (Å²) in [5, 5.41) is 3.50. The highest BCUT2D eigenvalue weighted by molar-refractivity contribution is 7.24. The van der Waals surface area contributed by atoms with E-state index in [1.807, 2.05) is 54.6 Å². The van der Waals surface area contributed by atoms with Crippen LogP contribution in [0.5, 0.6) is 17.2 Å². The number of fused-ring (bicyclic) bond motifs is 5. The van der Waals surface area contributed by atoms with E-state index in [0.717, 1.165) is 81.6 Å². The summed E-state index contributed by atoms with van der Waals surface area (Å²) >= 11 is 1.65. The van der Waals surface area contributed by atoms with E-state index in [0.29, 0.717) is 0 Å². The van der Waals surface area contributed by atoms with Crippen molar-refractivity contribution in [3.63, 3.8) is 0 Å². The van der Waals surface area contributed by atoms with Gasteiger partial charge in [0.25, 0.3) is 0 Å². The van der Waals surface area contributed by atoms with Gasteiger partial charge >= 0.3 is 0 Å². The van der Waals surface area contributed by atoms with Gasteiger partial charge in [0.05, 0.1) is 14.2 Å². The lowest BCUT2D eigenvalue weighted by Gasteiger charge is -2.38. The van der Waals surface area contributed by atoms with Gasteiger partial charge in [0.1, 0.15) is 17.2 Å². The molecule has 0 saturated heterocycles. The predicted molar refractivity (Wildman–Crippen MR) is 190 cm³/mol. The minimum atomic E-state index is -0.897. The fourth-order valence-corrected chi connectivity index (χ4v) is 7.70. The first-order chi connectivity index (χ1) is 22.5. The molecule has 0 aliphatic carbocycles. The fourth-order valence-electron chi connectivity index (χ4n) is 6.64. The number of rotatable bonds is 5. The summed E-state index contributed by atoms with van der Waals surface area (Å²) in [6.45, 7) is 2.13. The fraction of sp³-hybridized carbons (Fsp3) is 0.0976. The largest absolute Gasteiger partial charge is 0.497 e. The summed E-state index contributed by atoms with van der Waals surface area (Å²) in [4.78, 5) is 13.4.